The molecular weight excluding hydrogens is 276 g/mol. The minimum Gasteiger partial charge on any atom is -0.392 e. The molecule has 0 aromatic heterocycles. The van der Waals surface area contributed by atoms with Gasteiger partial charge in [-0.05, 0) is 36.7 Å². The molecule has 2 N–H and O–H groups in total. The fourth-order valence-corrected chi connectivity index (χ4v) is 4.06. The number of hydrogen-bond acceptors (Lipinski definition) is 3. The number of unbranched alkanes of at least 4 members (excludes halogenated alkanes) is 1. The third-order valence-electron chi connectivity index (χ3n) is 5.37. The van der Waals surface area contributed by atoms with Gasteiger partial charge in [0.15, 0.2) is 5.78 Å². The highest BCUT2D eigenvalue weighted by molar-refractivity contribution is 5.99. The Hall–Kier alpha value is -0.930. The van der Waals surface area contributed by atoms with Crippen LogP contribution in [0.1, 0.15) is 52.4 Å². The Morgan fingerprint density at radius 1 is 1.45 bits per heavy atom. The van der Waals surface area contributed by atoms with E-state index >= 15 is 0 Å². The SMILES string of the molecule is C=C1C[C@H]2[C@H](C=C[C@@H](O)C[C@@H](C)CCCC)[C@H](O)C[C@@H]2C1=O. The second-order valence-corrected chi connectivity index (χ2v) is 7.26. The lowest BCUT2D eigenvalue weighted by atomic mass is 9.89. The second-order valence-electron chi connectivity index (χ2n) is 7.26. The Bertz CT molecular complexity index is 440. The molecule has 3 heteroatoms. The van der Waals surface area contributed by atoms with E-state index in [9.17, 15) is 15.0 Å². The van der Waals surface area contributed by atoms with Gasteiger partial charge in [0.25, 0.3) is 0 Å². The van der Waals surface area contributed by atoms with E-state index in [-0.39, 0.29) is 23.5 Å². The van der Waals surface area contributed by atoms with Crippen LogP contribution in [0.15, 0.2) is 24.3 Å². The van der Waals surface area contributed by atoms with Crippen molar-refractivity contribution in [2.75, 3.05) is 0 Å². The molecule has 0 radical (unpaired) electrons. The molecule has 0 spiro atoms. The minimum absolute atomic E-state index is 0.0196. The first-order valence-electron chi connectivity index (χ1n) is 8.70. The second kappa shape index (κ2) is 7.56. The zero-order valence-electron chi connectivity index (χ0n) is 13.9. The molecule has 6 atom stereocenters. The number of aliphatic hydroxyl groups is 2. The molecule has 2 aliphatic rings. The fourth-order valence-electron chi connectivity index (χ4n) is 4.06. The molecule has 2 fully saturated rings. The number of ketones is 1. The van der Waals surface area contributed by atoms with Gasteiger partial charge < -0.3 is 10.2 Å². The summed E-state index contributed by atoms with van der Waals surface area (Å²) < 4.78 is 0. The fraction of sp³-hybridized carbons (Fsp3) is 0.737. The normalized spacial score (nSPS) is 34.4. The van der Waals surface area contributed by atoms with Crippen LogP contribution in [0.3, 0.4) is 0 Å². The molecule has 0 bridgehead atoms. The van der Waals surface area contributed by atoms with Crippen LogP contribution in [0.25, 0.3) is 0 Å². The maximum absolute atomic E-state index is 12.0. The molecule has 0 saturated heterocycles. The molecule has 0 aromatic carbocycles. The Morgan fingerprint density at radius 2 is 2.18 bits per heavy atom. The summed E-state index contributed by atoms with van der Waals surface area (Å²) in [7, 11) is 0. The number of Topliss-reactive ketones (excluding diaryl/α,β-unsaturated/α-hetero) is 1. The van der Waals surface area contributed by atoms with E-state index in [0.717, 1.165) is 12.8 Å². The van der Waals surface area contributed by atoms with E-state index in [1.807, 2.05) is 12.2 Å². The van der Waals surface area contributed by atoms with Gasteiger partial charge in [0.1, 0.15) is 0 Å². The number of hydrogen-bond donors (Lipinski definition) is 2. The molecule has 2 saturated carbocycles. The summed E-state index contributed by atoms with van der Waals surface area (Å²) in [6.45, 7) is 8.19. The van der Waals surface area contributed by atoms with E-state index < -0.39 is 12.2 Å². The summed E-state index contributed by atoms with van der Waals surface area (Å²) in [5, 5.41) is 20.4. The van der Waals surface area contributed by atoms with Crippen LogP contribution in [0, 0.1) is 23.7 Å². The molecule has 0 heterocycles. The predicted octanol–water partition coefficient (Wildman–Crippen LogP) is 3.26. The molecule has 124 valence electrons. The van der Waals surface area contributed by atoms with Gasteiger partial charge >= 0.3 is 0 Å². The van der Waals surface area contributed by atoms with Crippen molar-refractivity contribution in [3.8, 4) is 0 Å². The van der Waals surface area contributed by atoms with Gasteiger partial charge in [-0.2, -0.15) is 0 Å². The molecule has 3 nitrogen and oxygen atoms in total. The van der Waals surface area contributed by atoms with E-state index in [1.54, 1.807) is 0 Å². The molecule has 0 aromatic rings. The summed E-state index contributed by atoms with van der Waals surface area (Å²) >= 11 is 0. The van der Waals surface area contributed by atoms with E-state index in [0.29, 0.717) is 24.3 Å². The van der Waals surface area contributed by atoms with Crippen LogP contribution >= 0.6 is 0 Å². The first-order valence-corrected chi connectivity index (χ1v) is 8.70. The van der Waals surface area contributed by atoms with Crippen LogP contribution in [-0.2, 0) is 4.79 Å². The summed E-state index contributed by atoms with van der Waals surface area (Å²) in [6.07, 6.45) is 8.37. The summed E-state index contributed by atoms with van der Waals surface area (Å²) in [4.78, 5) is 12.0. The molecule has 2 rings (SSSR count). The highest BCUT2D eigenvalue weighted by atomic mass is 16.3. The van der Waals surface area contributed by atoms with Gasteiger partial charge in [0.05, 0.1) is 12.2 Å². The maximum Gasteiger partial charge on any atom is 0.161 e. The summed E-state index contributed by atoms with van der Waals surface area (Å²) in [6, 6.07) is 0. The summed E-state index contributed by atoms with van der Waals surface area (Å²) in [5.74, 6) is 0.741. The predicted molar refractivity (Wildman–Crippen MR) is 88.3 cm³/mol. The quantitative estimate of drug-likeness (QED) is 0.560. The largest absolute Gasteiger partial charge is 0.392 e. The van der Waals surface area contributed by atoms with Crippen molar-refractivity contribution in [1.82, 2.24) is 0 Å². The van der Waals surface area contributed by atoms with Gasteiger partial charge in [-0.1, -0.05) is 51.8 Å². The third kappa shape index (κ3) is 3.88. The zero-order valence-corrected chi connectivity index (χ0v) is 13.9. The van der Waals surface area contributed by atoms with Crippen molar-refractivity contribution in [1.29, 1.82) is 0 Å². The number of aliphatic hydroxyl groups excluding tert-OH is 2. The van der Waals surface area contributed by atoms with E-state index in [1.165, 1.54) is 12.8 Å². The van der Waals surface area contributed by atoms with Crippen LogP contribution in [-0.4, -0.2) is 28.2 Å². The van der Waals surface area contributed by atoms with Gasteiger partial charge in [0, 0.05) is 11.8 Å². The van der Waals surface area contributed by atoms with Crippen molar-refractivity contribution in [2.45, 2.75) is 64.6 Å². The van der Waals surface area contributed by atoms with Crippen molar-refractivity contribution in [3.05, 3.63) is 24.3 Å². The standard InChI is InChI=1S/C19H30O3/c1-4-5-6-12(2)9-14(20)7-8-15-16-10-13(3)19(22)17(16)11-18(15)21/h7-8,12,14-18,20-21H,3-6,9-11H2,1-2H3/t12-,14+,15-,16-,17-,18+/m0/s1. The van der Waals surface area contributed by atoms with Gasteiger partial charge in [-0.3, -0.25) is 4.79 Å². The lowest BCUT2D eigenvalue weighted by molar-refractivity contribution is -0.118. The number of carbonyl (C=O) groups excluding carboxylic acids is 1. The third-order valence-corrected chi connectivity index (χ3v) is 5.37. The van der Waals surface area contributed by atoms with Crippen LogP contribution < -0.4 is 0 Å². The smallest absolute Gasteiger partial charge is 0.161 e. The molecular formula is C19H30O3. The first-order chi connectivity index (χ1) is 10.4. The minimum atomic E-state index is -0.465. The number of fused-ring (bicyclic) bond motifs is 1. The average Bonchev–Trinajstić information content (AvgIpc) is 2.91. The highest BCUT2D eigenvalue weighted by Gasteiger charge is 2.49. The Balaban J connectivity index is 1.89. The molecule has 2 aliphatic carbocycles. The van der Waals surface area contributed by atoms with Crippen molar-refractivity contribution >= 4 is 5.78 Å². The first kappa shape index (κ1) is 17.4. The maximum atomic E-state index is 12.0. The summed E-state index contributed by atoms with van der Waals surface area (Å²) in [5.41, 5.74) is 0.703. The van der Waals surface area contributed by atoms with E-state index in [2.05, 4.69) is 20.4 Å². The number of allylic oxidation sites excluding steroid dienone is 1. The Labute approximate surface area is 134 Å². The van der Waals surface area contributed by atoms with Gasteiger partial charge in [-0.25, -0.2) is 0 Å². The zero-order chi connectivity index (χ0) is 16.3. The lowest BCUT2D eigenvalue weighted by Gasteiger charge is -2.18. The number of rotatable bonds is 7. The van der Waals surface area contributed by atoms with Crippen LogP contribution in [0.5, 0.6) is 0 Å². The average molecular weight is 306 g/mol. The molecule has 0 amide bonds. The monoisotopic (exact) mass is 306 g/mol. The molecule has 22 heavy (non-hydrogen) atoms. The highest BCUT2D eigenvalue weighted by Crippen LogP contribution is 2.48. The van der Waals surface area contributed by atoms with Crippen molar-refractivity contribution in [3.63, 3.8) is 0 Å². The lowest BCUT2D eigenvalue weighted by Crippen LogP contribution is -2.18. The van der Waals surface area contributed by atoms with Crippen LogP contribution in [0.4, 0.5) is 0 Å². The van der Waals surface area contributed by atoms with Gasteiger partial charge in [0.2, 0.25) is 0 Å². The number of carbonyl (C=O) groups is 1. The van der Waals surface area contributed by atoms with Crippen molar-refractivity contribution in [2.24, 2.45) is 23.7 Å². The molecule has 0 aliphatic heterocycles. The Kier molecular flexibility index (Phi) is 5.99. The topological polar surface area (TPSA) is 57.5 Å². The van der Waals surface area contributed by atoms with E-state index in [4.69, 9.17) is 0 Å². The van der Waals surface area contributed by atoms with Crippen LogP contribution in [0.2, 0.25) is 0 Å². The van der Waals surface area contributed by atoms with Gasteiger partial charge in [-0.15, -0.1) is 0 Å². The molecule has 0 unspecified atom stereocenters. The Morgan fingerprint density at radius 3 is 2.86 bits per heavy atom. The van der Waals surface area contributed by atoms with Crippen molar-refractivity contribution < 1.29 is 15.0 Å².